The van der Waals surface area contributed by atoms with Crippen LogP contribution in [0.15, 0.2) is 30.3 Å². The largest absolute Gasteiger partial charge is 0.281 e. The molecule has 0 saturated carbocycles. The Kier molecular flexibility index (Phi) is 3.05. The number of carbonyl (C=O) groups is 1. The molecule has 0 radical (unpaired) electrons. The highest BCUT2D eigenvalue weighted by Crippen LogP contribution is 2.32. The Hall–Kier alpha value is -0.900. The first-order valence-corrected chi connectivity index (χ1v) is 5.67. The fraction of sp³-hybridized carbons (Fsp3) is 0. The van der Waals surface area contributed by atoms with E-state index in [2.05, 4.69) is 4.98 Å². The zero-order chi connectivity index (χ0) is 10.8. The van der Waals surface area contributed by atoms with Crippen LogP contribution >= 0.6 is 34.5 Å². The van der Waals surface area contributed by atoms with Gasteiger partial charge in [0.1, 0.15) is 10.0 Å². The van der Waals surface area contributed by atoms with Crippen LogP contribution in [0.1, 0.15) is 9.80 Å². The van der Waals surface area contributed by atoms with E-state index in [0.717, 1.165) is 16.9 Å². The van der Waals surface area contributed by atoms with E-state index in [1.54, 1.807) is 0 Å². The van der Waals surface area contributed by atoms with Gasteiger partial charge >= 0.3 is 0 Å². The van der Waals surface area contributed by atoms with E-state index in [4.69, 9.17) is 23.2 Å². The fourth-order valence-corrected chi connectivity index (χ4v) is 2.34. The maximum atomic E-state index is 10.9. The van der Waals surface area contributed by atoms with Gasteiger partial charge in [0.15, 0.2) is 5.01 Å². The predicted octanol–water partition coefficient (Wildman–Crippen LogP) is 3.84. The van der Waals surface area contributed by atoms with Crippen molar-refractivity contribution >= 4 is 39.8 Å². The second-order valence-corrected chi connectivity index (χ2v) is 4.73. The quantitative estimate of drug-likeness (QED) is 0.766. The molecule has 0 aliphatic heterocycles. The molecule has 0 fully saturated rings. The van der Waals surface area contributed by atoms with E-state index < -0.39 is 5.24 Å². The third kappa shape index (κ3) is 2.20. The summed E-state index contributed by atoms with van der Waals surface area (Å²) in [7, 11) is 0. The van der Waals surface area contributed by atoms with Crippen molar-refractivity contribution in [2.75, 3.05) is 0 Å². The average Bonchev–Trinajstić information content (AvgIpc) is 2.62. The van der Waals surface area contributed by atoms with Crippen molar-refractivity contribution in [2.45, 2.75) is 0 Å². The third-order valence-corrected chi connectivity index (χ3v) is 3.35. The first-order chi connectivity index (χ1) is 7.18. The molecular formula is C10H5Cl2NOS. The lowest BCUT2D eigenvalue weighted by Gasteiger charge is -1.95. The third-order valence-electron chi connectivity index (χ3n) is 1.80. The van der Waals surface area contributed by atoms with E-state index in [9.17, 15) is 4.79 Å². The smallest absolute Gasteiger partial charge is 0.273 e. The zero-order valence-corrected chi connectivity index (χ0v) is 9.73. The number of hydrogen-bond donors (Lipinski definition) is 0. The lowest BCUT2D eigenvalue weighted by molar-refractivity contribution is 0.108. The standard InChI is InChI=1S/C10H5Cl2NOS/c11-8(14)10-13-7(9(12)15-10)6-4-2-1-3-5-6/h1-5H. The number of benzene rings is 1. The summed E-state index contributed by atoms with van der Waals surface area (Å²) in [4.78, 5) is 15.0. The maximum Gasteiger partial charge on any atom is 0.281 e. The van der Waals surface area contributed by atoms with Crippen LogP contribution in [0.4, 0.5) is 0 Å². The number of halogens is 2. The van der Waals surface area contributed by atoms with Crippen molar-refractivity contribution in [2.24, 2.45) is 0 Å². The van der Waals surface area contributed by atoms with Gasteiger partial charge in [-0.3, -0.25) is 4.79 Å². The highest BCUT2D eigenvalue weighted by molar-refractivity contribution is 7.19. The zero-order valence-electron chi connectivity index (χ0n) is 7.41. The minimum atomic E-state index is -0.580. The van der Waals surface area contributed by atoms with Crippen molar-refractivity contribution in [3.63, 3.8) is 0 Å². The second-order valence-electron chi connectivity index (χ2n) is 2.78. The van der Waals surface area contributed by atoms with Crippen molar-refractivity contribution in [3.05, 3.63) is 39.7 Å². The lowest BCUT2D eigenvalue weighted by atomic mass is 10.2. The second kappa shape index (κ2) is 4.31. The summed E-state index contributed by atoms with van der Waals surface area (Å²) in [6, 6.07) is 9.42. The molecule has 5 heteroatoms. The minimum Gasteiger partial charge on any atom is -0.273 e. The van der Waals surface area contributed by atoms with Gasteiger partial charge in [-0.25, -0.2) is 4.98 Å². The van der Waals surface area contributed by atoms with E-state index in [0.29, 0.717) is 10.0 Å². The van der Waals surface area contributed by atoms with Gasteiger partial charge in [-0.05, 0) is 11.6 Å². The maximum absolute atomic E-state index is 10.9. The molecule has 2 rings (SSSR count). The van der Waals surface area contributed by atoms with Gasteiger partial charge in [-0.2, -0.15) is 0 Å². The average molecular weight is 258 g/mol. The molecule has 76 valence electrons. The molecule has 0 saturated heterocycles. The summed E-state index contributed by atoms with van der Waals surface area (Å²) in [6.07, 6.45) is 0. The number of nitrogens with zero attached hydrogens (tertiary/aromatic N) is 1. The van der Waals surface area contributed by atoms with E-state index in [1.807, 2.05) is 30.3 Å². The van der Waals surface area contributed by atoms with Crippen LogP contribution in [-0.4, -0.2) is 10.2 Å². The molecule has 0 bridgehead atoms. The molecule has 0 aliphatic rings. The molecule has 0 spiro atoms. The molecule has 1 aromatic heterocycles. The van der Waals surface area contributed by atoms with Gasteiger partial charge in [0.25, 0.3) is 5.24 Å². The number of thiazole rings is 1. The molecule has 0 atom stereocenters. The molecule has 2 nitrogen and oxygen atoms in total. The summed E-state index contributed by atoms with van der Waals surface area (Å²) in [5.41, 5.74) is 1.48. The molecule has 0 unspecified atom stereocenters. The molecule has 15 heavy (non-hydrogen) atoms. The molecule has 2 aromatic rings. The Morgan fingerprint density at radius 3 is 2.47 bits per heavy atom. The summed E-state index contributed by atoms with van der Waals surface area (Å²) < 4.78 is 0.477. The monoisotopic (exact) mass is 257 g/mol. The first kappa shape index (κ1) is 10.6. The minimum absolute atomic E-state index is 0.223. The van der Waals surface area contributed by atoms with Crippen LogP contribution in [0.2, 0.25) is 4.34 Å². The predicted molar refractivity (Wildman–Crippen MR) is 62.7 cm³/mol. The Morgan fingerprint density at radius 2 is 1.93 bits per heavy atom. The number of hydrogen-bond acceptors (Lipinski definition) is 3. The van der Waals surface area contributed by atoms with Crippen LogP contribution in [0.5, 0.6) is 0 Å². The van der Waals surface area contributed by atoms with Crippen LogP contribution in [-0.2, 0) is 0 Å². The van der Waals surface area contributed by atoms with Gasteiger partial charge in [0.05, 0.1) is 0 Å². The van der Waals surface area contributed by atoms with Gasteiger partial charge in [-0.15, -0.1) is 0 Å². The SMILES string of the molecule is O=C(Cl)c1nc(-c2ccccc2)c(Cl)s1. The van der Waals surface area contributed by atoms with Crippen molar-refractivity contribution in [1.29, 1.82) is 0 Å². The van der Waals surface area contributed by atoms with Crippen molar-refractivity contribution in [3.8, 4) is 11.3 Å². The van der Waals surface area contributed by atoms with Crippen molar-refractivity contribution < 1.29 is 4.79 Å². The van der Waals surface area contributed by atoms with Gasteiger partial charge in [-0.1, -0.05) is 53.3 Å². The van der Waals surface area contributed by atoms with Gasteiger partial charge in [0, 0.05) is 5.56 Å². The summed E-state index contributed by atoms with van der Waals surface area (Å²) >= 11 is 12.4. The Bertz CT molecular complexity index is 495. The first-order valence-electron chi connectivity index (χ1n) is 4.10. The van der Waals surface area contributed by atoms with E-state index in [1.165, 1.54) is 0 Å². The van der Waals surface area contributed by atoms with Gasteiger partial charge in [0.2, 0.25) is 0 Å². The highest BCUT2D eigenvalue weighted by atomic mass is 35.5. The molecule has 1 aromatic carbocycles. The molecule has 0 N–H and O–H groups in total. The van der Waals surface area contributed by atoms with E-state index in [-0.39, 0.29) is 5.01 Å². The summed E-state index contributed by atoms with van der Waals surface area (Å²) in [5.74, 6) is 0. The Labute approximate surface area is 100 Å². The van der Waals surface area contributed by atoms with E-state index >= 15 is 0 Å². The van der Waals surface area contributed by atoms with Crippen LogP contribution in [0.25, 0.3) is 11.3 Å². The van der Waals surface area contributed by atoms with Crippen LogP contribution in [0, 0.1) is 0 Å². The topological polar surface area (TPSA) is 30.0 Å². The normalized spacial score (nSPS) is 10.3. The number of carbonyl (C=O) groups excluding carboxylic acids is 1. The highest BCUT2D eigenvalue weighted by Gasteiger charge is 2.14. The molecule has 0 aliphatic carbocycles. The van der Waals surface area contributed by atoms with Crippen LogP contribution < -0.4 is 0 Å². The summed E-state index contributed by atoms with van der Waals surface area (Å²) in [6.45, 7) is 0. The Morgan fingerprint density at radius 1 is 1.27 bits per heavy atom. The molecular weight excluding hydrogens is 253 g/mol. The number of aromatic nitrogens is 1. The van der Waals surface area contributed by atoms with Gasteiger partial charge < -0.3 is 0 Å². The molecule has 1 heterocycles. The molecule has 0 amide bonds. The number of rotatable bonds is 2. The van der Waals surface area contributed by atoms with Crippen LogP contribution in [0.3, 0.4) is 0 Å². The fourth-order valence-electron chi connectivity index (χ4n) is 1.16. The lowest BCUT2D eigenvalue weighted by Crippen LogP contribution is -1.86. The van der Waals surface area contributed by atoms with Crippen molar-refractivity contribution in [1.82, 2.24) is 4.98 Å². The summed E-state index contributed by atoms with van der Waals surface area (Å²) in [5, 5.41) is -0.357. The Balaban J connectivity index is 2.50.